The molecule has 2 heterocycles. The molecule has 24 heavy (non-hydrogen) atoms. The third kappa shape index (κ3) is 4.42. The molecule has 138 valence electrons. The SMILES string of the molecule is C[C@@H]1C[C@H]2CCCC[C@@H]2N1C(=O)NCCCCN1CCN(C)CC1. The minimum absolute atomic E-state index is 0.191. The first-order chi connectivity index (χ1) is 11.6. The lowest BCUT2D eigenvalue weighted by Crippen LogP contribution is -2.48. The second-order valence-electron chi connectivity index (χ2n) is 8.19. The van der Waals surface area contributed by atoms with Crippen LogP contribution >= 0.6 is 0 Å². The third-order valence-electron chi connectivity index (χ3n) is 6.35. The van der Waals surface area contributed by atoms with Crippen LogP contribution in [0.4, 0.5) is 4.79 Å². The molecule has 3 rings (SSSR count). The number of likely N-dealkylation sites (tertiary alicyclic amines) is 1. The van der Waals surface area contributed by atoms with Gasteiger partial charge in [0.15, 0.2) is 0 Å². The van der Waals surface area contributed by atoms with E-state index in [1.54, 1.807) is 0 Å². The van der Waals surface area contributed by atoms with Crippen molar-refractivity contribution in [2.75, 3.05) is 46.3 Å². The predicted molar refractivity (Wildman–Crippen MR) is 98.2 cm³/mol. The van der Waals surface area contributed by atoms with Gasteiger partial charge in [0.05, 0.1) is 0 Å². The van der Waals surface area contributed by atoms with Gasteiger partial charge in [-0.1, -0.05) is 12.8 Å². The Morgan fingerprint density at radius 2 is 1.83 bits per heavy atom. The maximum atomic E-state index is 12.6. The Kier molecular flexibility index (Phi) is 6.39. The van der Waals surface area contributed by atoms with Crippen LogP contribution in [-0.4, -0.2) is 79.1 Å². The van der Waals surface area contributed by atoms with Crippen LogP contribution in [0.5, 0.6) is 0 Å². The molecule has 5 nitrogen and oxygen atoms in total. The number of carbonyl (C=O) groups is 1. The Morgan fingerprint density at radius 3 is 2.62 bits per heavy atom. The highest BCUT2D eigenvalue weighted by molar-refractivity contribution is 5.75. The molecule has 5 heteroatoms. The average Bonchev–Trinajstić information content (AvgIpc) is 2.92. The summed E-state index contributed by atoms with van der Waals surface area (Å²) in [7, 11) is 2.20. The number of nitrogens with zero attached hydrogens (tertiary/aromatic N) is 3. The first-order valence-corrected chi connectivity index (χ1v) is 10.1. The molecule has 3 aliphatic rings. The van der Waals surface area contributed by atoms with Crippen LogP contribution in [0.25, 0.3) is 0 Å². The summed E-state index contributed by atoms with van der Waals surface area (Å²) in [4.78, 5) is 19.7. The van der Waals surface area contributed by atoms with Gasteiger partial charge >= 0.3 is 6.03 Å². The zero-order valence-corrected chi connectivity index (χ0v) is 15.7. The number of urea groups is 1. The summed E-state index contributed by atoms with van der Waals surface area (Å²) in [6.07, 6.45) is 8.68. The molecule has 0 spiro atoms. The molecule has 1 saturated carbocycles. The van der Waals surface area contributed by atoms with Crippen molar-refractivity contribution in [1.29, 1.82) is 0 Å². The summed E-state index contributed by atoms with van der Waals surface area (Å²) in [5.41, 5.74) is 0. The van der Waals surface area contributed by atoms with E-state index in [4.69, 9.17) is 0 Å². The van der Waals surface area contributed by atoms with Gasteiger partial charge in [-0.3, -0.25) is 0 Å². The van der Waals surface area contributed by atoms with Gasteiger partial charge in [-0.25, -0.2) is 4.79 Å². The summed E-state index contributed by atoms with van der Waals surface area (Å²) in [6.45, 7) is 8.99. The van der Waals surface area contributed by atoms with Gasteiger partial charge in [-0.2, -0.15) is 0 Å². The lowest BCUT2D eigenvalue weighted by Gasteiger charge is -2.33. The fraction of sp³-hybridized carbons (Fsp3) is 0.947. The highest BCUT2D eigenvalue weighted by Crippen LogP contribution is 2.39. The molecule has 3 atom stereocenters. The second-order valence-corrected chi connectivity index (χ2v) is 8.19. The molecule has 0 unspecified atom stereocenters. The number of hydrogen-bond donors (Lipinski definition) is 1. The van der Waals surface area contributed by atoms with Crippen LogP contribution in [0.15, 0.2) is 0 Å². The molecule has 0 aromatic carbocycles. The Bertz CT molecular complexity index is 408. The average molecular weight is 337 g/mol. The lowest BCUT2D eigenvalue weighted by molar-refractivity contribution is 0.150. The van der Waals surface area contributed by atoms with E-state index >= 15 is 0 Å². The van der Waals surface area contributed by atoms with E-state index in [2.05, 4.69) is 34.0 Å². The number of fused-ring (bicyclic) bond motifs is 1. The van der Waals surface area contributed by atoms with Gasteiger partial charge in [0.2, 0.25) is 0 Å². The number of amides is 2. The van der Waals surface area contributed by atoms with Crippen LogP contribution in [0.1, 0.15) is 51.9 Å². The predicted octanol–water partition coefficient (Wildman–Crippen LogP) is 2.38. The summed E-state index contributed by atoms with van der Waals surface area (Å²) in [5, 5.41) is 3.19. The largest absolute Gasteiger partial charge is 0.338 e. The van der Waals surface area contributed by atoms with Crippen molar-refractivity contribution in [3.05, 3.63) is 0 Å². The molecule has 1 aliphatic carbocycles. The Hall–Kier alpha value is -0.810. The van der Waals surface area contributed by atoms with E-state index in [1.807, 2.05) is 0 Å². The van der Waals surface area contributed by atoms with Gasteiger partial charge in [0, 0.05) is 44.8 Å². The van der Waals surface area contributed by atoms with E-state index in [-0.39, 0.29) is 6.03 Å². The van der Waals surface area contributed by atoms with Crippen molar-refractivity contribution < 1.29 is 4.79 Å². The van der Waals surface area contributed by atoms with Crippen LogP contribution in [0.3, 0.4) is 0 Å². The molecular formula is C19H36N4O. The minimum Gasteiger partial charge on any atom is -0.338 e. The van der Waals surface area contributed by atoms with E-state index in [9.17, 15) is 4.79 Å². The Labute approximate surface area is 147 Å². The van der Waals surface area contributed by atoms with Crippen molar-refractivity contribution in [2.45, 2.75) is 64.0 Å². The van der Waals surface area contributed by atoms with Crippen molar-refractivity contribution in [3.8, 4) is 0 Å². The summed E-state index contributed by atoms with van der Waals surface area (Å²) < 4.78 is 0. The van der Waals surface area contributed by atoms with Crippen molar-refractivity contribution in [3.63, 3.8) is 0 Å². The second kappa shape index (κ2) is 8.52. The number of likely N-dealkylation sites (N-methyl/N-ethyl adjacent to an activating group) is 1. The lowest BCUT2D eigenvalue weighted by atomic mass is 9.85. The number of nitrogens with one attached hydrogen (secondary N) is 1. The van der Waals surface area contributed by atoms with E-state index in [1.165, 1.54) is 71.2 Å². The highest BCUT2D eigenvalue weighted by Gasteiger charge is 2.42. The zero-order valence-electron chi connectivity index (χ0n) is 15.7. The first-order valence-electron chi connectivity index (χ1n) is 10.1. The monoisotopic (exact) mass is 336 g/mol. The third-order valence-corrected chi connectivity index (χ3v) is 6.35. The smallest absolute Gasteiger partial charge is 0.317 e. The molecule has 2 saturated heterocycles. The number of unbranched alkanes of at least 4 members (excludes halogenated alkanes) is 1. The fourth-order valence-corrected chi connectivity index (χ4v) is 4.88. The summed E-state index contributed by atoms with van der Waals surface area (Å²) in [5.74, 6) is 0.761. The quantitative estimate of drug-likeness (QED) is 0.784. The van der Waals surface area contributed by atoms with E-state index < -0.39 is 0 Å². The Morgan fingerprint density at radius 1 is 1.08 bits per heavy atom. The van der Waals surface area contributed by atoms with Gasteiger partial charge in [0.1, 0.15) is 0 Å². The van der Waals surface area contributed by atoms with Crippen LogP contribution in [-0.2, 0) is 0 Å². The molecular weight excluding hydrogens is 300 g/mol. The number of piperazine rings is 1. The molecule has 0 radical (unpaired) electrons. The molecule has 3 fully saturated rings. The van der Waals surface area contributed by atoms with Crippen molar-refractivity contribution >= 4 is 6.03 Å². The van der Waals surface area contributed by atoms with Crippen LogP contribution < -0.4 is 5.32 Å². The molecule has 0 aromatic rings. The molecule has 0 aromatic heterocycles. The number of hydrogen-bond acceptors (Lipinski definition) is 3. The zero-order chi connectivity index (χ0) is 16.9. The highest BCUT2D eigenvalue weighted by atomic mass is 16.2. The normalized spacial score (nSPS) is 31.9. The van der Waals surface area contributed by atoms with Gasteiger partial charge in [-0.05, 0) is 58.5 Å². The Balaban J connectivity index is 1.32. The molecule has 2 amide bonds. The summed E-state index contributed by atoms with van der Waals surface area (Å²) >= 11 is 0. The van der Waals surface area contributed by atoms with Crippen LogP contribution in [0.2, 0.25) is 0 Å². The molecule has 0 bridgehead atoms. The van der Waals surface area contributed by atoms with Gasteiger partial charge in [-0.15, -0.1) is 0 Å². The minimum atomic E-state index is 0.191. The summed E-state index contributed by atoms with van der Waals surface area (Å²) in [6, 6.07) is 1.12. The van der Waals surface area contributed by atoms with Gasteiger partial charge < -0.3 is 20.0 Å². The molecule has 2 aliphatic heterocycles. The van der Waals surface area contributed by atoms with Crippen molar-refractivity contribution in [2.24, 2.45) is 5.92 Å². The molecule has 1 N–H and O–H groups in total. The number of rotatable bonds is 5. The maximum Gasteiger partial charge on any atom is 0.317 e. The van der Waals surface area contributed by atoms with Crippen molar-refractivity contribution in [1.82, 2.24) is 20.0 Å². The standard InChI is InChI=1S/C19H36N4O/c1-16-15-17-7-3-4-8-18(17)23(16)19(24)20-9-5-6-10-22-13-11-21(2)12-14-22/h16-18H,3-15H2,1-2H3,(H,20,24)/t16-,17-,18+/m1/s1. The number of carbonyl (C=O) groups excluding carboxylic acids is 1. The van der Waals surface area contributed by atoms with E-state index in [0.29, 0.717) is 12.1 Å². The van der Waals surface area contributed by atoms with Gasteiger partial charge in [0.25, 0.3) is 0 Å². The first kappa shape index (κ1) is 18.0. The van der Waals surface area contributed by atoms with E-state index in [0.717, 1.165) is 18.9 Å². The maximum absolute atomic E-state index is 12.6. The fourth-order valence-electron chi connectivity index (χ4n) is 4.88. The van der Waals surface area contributed by atoms with Crippen LogP contribution in [0, 0.1) is 5.92 Å². The topological polar surface area (TPSA) is 38.8 Å².